The van der Waals surface area contributed by atoms with Gasteiger partial charge in [0.2, 0.25) is 5.13 Å². The third kappa shape index (κ3) is 4.63. The zero-order valence-electron chi connectivity index (χ0n) is 10.7. The molecule has 2 N–H and O–H groups in total. The molecule has 1 saturated heterocycles. The lowest BCUT2D eigenvalue weighted by Crippen LogP contribution is -2.33. The van der Waals surface area contributed by atoms with Crippen LogP contribution in [-0.4, -0.2) is 46.8 Å². The van der Waals surface area contributed by atoms with Crippen LogP contribution in [0.15, 0.2) is 4.34 Å². The predicted octanol–water partition coefficient (Wildman–Crippen LogP) is 1.94. The Morgan fingerprint density at radius 1 is 1.53 bits per heavy atom. The number of carbonyl (C=O) groups is 1. The van der Waals surface area contributed by atoms with E-state index in [1.165, 1.54) is 23.1 Å². The van der Waals surface area contributed by atoms with Gasteiger partial charge in [0.1, 0.15) is 0 Å². The fourth-order valence-electron chi connectivity index (χ4n) is 1.79. The van der Waals surface area contributed by atoms with Crippen LogP contribution in [0.3, 0.4) is 0 Å². The van der Waals surface area contributed by atoms with E-state index in [2.05, 4.69) is 22.4 Å². The molecule has 0 aliphatic carbocycles. The molecular formula is C11H17N3O3S2. The van der Waals surface area contributed by atoms with E-state index in [-0.39, 0.29) is 11.2 Å². The first kappa shape index (κ1) is 14.5. The Balaban J connectivity index is 1.81. The number of rotatable bonds is 6. The molecule has 1 aliphatic heterocycles. The molecule has 106 valence electrons. The number of nitrogens with zero attached hydrogens (tertiary/aromatic N) is 2. The average molecular weight is 303 g/mol. The minimum atomic E-state index is -0.843. The Hall–Kier alpha value is -0.860. The van der Waals surface area contributed by atoms with Crippen LogP contribution >= 0.6 is 23.1 Å². The molecule has 0 bridgehead atoms. The minimum absolute atomic E-state index is 0.0175. The molecule has 6 nitrogen and oxygen atoms in total. The van der Waals surface area contributed by atoms with Gasteiger partial charge < -0.3 is 15.2 Å². The summed E-state index contributed by atoms with van der Waals surface area (Å²) in [5.41, 5.74) is 0.234. The summed E-state index contributed by atoms with van der Waals surface area (Å²) >= 11 is 2.59. The highest BCUT2D eigenvalue weighted by atomic mass is 32.2. The quantitative estimate of drug-likeness (QED) is 0.777. The van der Waals surface area contributed by atoms with Gasteiger partial charge in [-0.3, -0.25) is 4.79 Å². The van der Waals surface area contributed by atoms with Gasteiger partial charge in [-0.05, 0) is 18.3 Å². The number of ether oxygens (including phenoxy) is 1. The van der Waals surface area contributed by atoms with Gasteiger partial charge in [0.25, 0.3) is 0 Å². The summed E-state index contributed by atoms with van der Waals surface area (Å²) in [4.78, 5) is 10.5. The van der Waals surface area contributed by atoms with Crippen molar-refractivity contribution in [3.8, 4) is 0 Å². The fraction of sp³-hybridized carbons (Fsp3) is 0.727. The number of anilines is 1. The Morgan fingerprint density at radius 2 is 2.26 bits per heavy atom. The van der Waals surface area contributed by atoms with Gasteiger partial charge in [-0.2, -0.15) is 0 Å². The molecule has 0 saturated carbocycles. The van der Waals surface area contributed by atoms with Crippen molar-refractivity contribution in [2.45, 2.75) is 24.1 Å². The zero-order valence-corrected chi connectivity index (χ0v) is 12.4. The maximum atomic E-state index is 10.5. The number of aliphatic carboxylic acids is 1. The van der Waals surface area contributed by atoms with Crippen LogP contribution in [0.1, 0.15) is 19.8 Å². The van der Waals surface area contributed by atoms with Gasteiger partial charge >= 0.3 is 5.97 Å². The van der Waals surface area contributed by atoms with Crippen LogP contribution in [0.4, 0.5) is 5.13 Å². The number of aromatic nitrogens is 2. The topological polar surface area (TPSA) is 84.3 Å². The lowest BCUT2D eigenvalue weighted by atomic mass is 9.82. The van der Waals surface area contributed by atoms with Crippen molar-refractivity contribution < 1.29 is 14.6 Å². The monoisotopic (exact) mass is 303 g/mol. The SMILES string of the molecule is CC1(CNc2nnc(SCC(=O)O)s2)CCOCC1. The van der Waals surface area contributed by atoms with Crippen LogP contribution in [0, 0.1) is 5.41 Å². The normalized spacial score (nSPS) is 18.2. The second kappa shape index (κ2) is 6.53. The third-order valence-corrected chi connectivity index (χ3v) is 5.09. The van der Waals surface area contributed by atoms with E-state index in [0.29, 0.717) is 4.34 Å². The standard InChI is InChI=1S/C11H17N3O3S2/c1-11(2-4-17-5-3-11)7-12-9-13-14-10(19-9)18-6-8(15)16/h2-7H2,1H3,(H,12,13)(H,15,16). The summed E-state index contributed by atoms with van der Waals surface area (Å²) in [7, 11) is 0. The van der Waals surface area contributed by atoms with Crippen LogP contribution in [0.2, 0.25) is 0 Å². The molecule has 0 aromatic carbocycles. The highest BCUT2D eigenvalue weighted by Crippen LogP contribution is 2.31. The van der Waals surface area contributed by atoms with Crippen LogP contribution in [0.25, 0.3) is 0 Å². The van der Waals surface area contributed by atoms with Gasteiger partial charge in [-0.25, -0.2) is 0 Å². The first-order valence-corrected chi connectivity index (χ1v) is 7.87. The summed E-state index contributed by atoms with van der Waals surface area (Å²) in [5, 5.41) is 20.6. The van der Waals surface area contributed by atoms with E-state index in [1.54, 1.807) is 0 Å². The lowest BCUT2D eigenvalue weighted by Gasteiger charge is -2.33. The highest BCUT2D eigenvalue weighted by molar-refractivity contribution is 8.01. The second-order valence-electron chi connectivity index (χ2n) is 4.83. The van der Waals surface area contributed by atoms with Crippen molar-refractivity contribution in [3.05, 3.63) is 0 Å². The summed E-state index contributed by atoms with van der Waals surface area (Å²) in [5.74, 6) is -0.826. The van der Waals surface area contributed by atoms with Crippen LogP contribution < -0.4 is 5.32 Å². The van der Waals surface area contributed by atoms with Gasteiger partial charge in [0.15, 0.2) is 4.34 Å². The molecule has 0 radical (unpaired) electrons. The maximum Gasteiger partial charge on any atom is 0.313 e. The molecule has 1 aromatic heterocycles. The molecule has 0 atom stereocenters. The van der Waals surface area contributed by atoms with Crippen LogP contribution in [0.5, 0.6) is 0 Å². The van der Waals surface area contributed by atoms with Crippen molar-refractivity contribution >= 4 is 34.2 Å². The van der Waals surface area contributed by atoms with Gasteiger partial charge in [-0.15, -0.1) is 10.2 Å². The van der Waals surface area contributed by atoms with E-state index >= 15 is 0 Å². The third-order valence-electron chi connectivity index (χ3n) is 3.09. The minimum Gasteiger partial charge on any atom is -0.481 e. The molecule has 1 fully saturated rings. The fourth-order valence-corrected chi connectivity index (χ4v) is 3.26. The molecule has 8 heteroatoms. The highest BCUT2D eigenvalue weighted by Gasteiger charge is 2.27. The van der Waals surface area contributed by atoms with Crippen molar-refractivity contribution in [2.75, 3.05) is 30.8 Å². The summed E-state index contributed by atoms with van der Waals surface area (Å²) < 4.78 is 6.05. The number of hydrogen-bond donors (Lipinski definition) is 2. The first-order valence-electron chi connectivity index (χ1n) is 6.07. The Morgan fingerprint density at radius 3 is 2.95 bits per heavy atom. The van der Waals surface area contributed by atoms with Crippen LogP contribution in [-0.2, 0) is 9.53 Å². The van der Waals surface area contributed by atoms with Gasteiger partial charge in [0.05, 0.1) is 5.75 Å². The van der Waals surface area contributed by atoms with Crippen molar-refractivity contribution in [3.63, 3.8) is 0 Å². The number of hydrogen-bond acceptors (Lipinski definition) is 7. The van der Waals surface area contributed by atoms with Gasteiger partial charge in [0, 0.05) is 19.8 Å². The smallest absolute Gasteiger partial charge is 0.313 e. The molecular weight excluding hydrogens is 286 g/mol. The number of carboxylic acids is 1. The molecule has 1 aromatic rings. The molecule has 0 unspecified atom stereocenters. The average Bonchev–Trinajstić information content (AvgIpc) is 2.83. The predicted molar refractivity (Wildman–Crippen MR) is 74.9 cm³/mol. The number of nitrogens with one attached hydrogen (secondary N) is 1. The Kier molecular flexibility index (Phi) is 5.00. The second-order valence-corrected chi connectivity index (χ2v) is 7.03. The lowest BCUT2D eigenvalue weighted by molar-refractivity contribution is -0.133. The number of carboxylic acid groups (broad SMARTS) is 1. The molecule has 2 rings (SSSR count). The maximum absolute atomic E-state index is 10.5. The molecule has 0 amide bonds. The Bertz CT molecular complexity index is 433. The van der Waals surface area contributed by atoms with E-state index in [0.717, 1.165) is 37.7 Å². The summed E-state index contributed by atoms with van der Waals surface area (Å²) in [6.07, 6.45) is 2.08. The van der Waals surface area contributed by atoms with E-state index in [9.17, 15) is 4.79 Å². The summed E-state index contributed by atoms with van der Waals surface area (Å²) in [6, 6.07) is 0. The molecule has 1 aliphatic rings. The van der Waals surface area contributed by atoms with Crippen molar-refractivity contribution in [1.82, 2.24) is 10.2 Å². The van der Waals surface area contributed by atoms with Gasteiger partial charge in [-0.1, -0.05) is 30.0 Å². The molecule has 0 spiro atoms. The first-order chi connectivity index (χ1) is 9.07. The van der Waals surface area contributed by atoms with E-state index < -0.39 is 5.97 Å². The van der Waals surface area contributed by atoms with E-state index in [4.69, 9.17) is 9.84 Å². The molecule has 19 heavy (non-hydrogen) atoms. The number of thioether (sulfide) groups is 1. The van der Waals surface area contributed by atoms with Crippen molar-refractivity contribution in [2.24, 2.45) is 5.41 Å². The molecule has 2 heterocycles. The largest absolute Gasteiger partial charge is 0.481 e. The van der Waals surface area contributed by atoms with E-state index in [1.807, 2.05) is 0 Å². The van der Waals surface area contributed by atoms with Crippen molar-refractivity contribution in [1.29, 1.82) is 0 Å². The zero-order chi connectivity index (χ0) is 13.7. The Labute approximate surface area is 120 Å². The summed E-state index contributed by atoms with van der Waals surface area (Å²) in [6.45, 7) is 4.71.